The lowest BCUT2D eigenvalue weighted by atomic mass is 9.78. The molecule has 160 valence electrons. The van der Waals surface area contributed by atoms with Gasteiger partial charge in [-0.3, -0.25) is 19.8 Å². The second-order valence-electron chi connectivity index (χ2n) is 8.44. The Hall–Kier alpha value is -3.29. The Morgan fingerprint density at radius 1 is 1.06 bits per heavy atom. The van der Waals surface area contributed by atoms with E-state index in [1.807, 2.05) is 12.1 Å². The average Bonchev–Trinajstić information content (AvgIpc) is 3.40. The summed E-state index contributed by atoms with van der Waals surface area (Å²) in [5.74, 6) is -0.856. The van der Waals surface area contributed by atoms with E-state index in [9.17, 15) is 9.59 Å². The van der Waals surface area contributed by atoms with Crippen LogP contribution in [-0.2, 0) is 15.0 Å². The number of para-hydroxylation sites is 2. The second kappa shape index (κ2) is 7.39. The third kappa shape index (κ3) is 3.16. The van der Waals surface area contributed by atoms with Gasteiger partial charge in [0.05, 0.1) is 5.52 Å². The molecule has 1 aliphatic heterocycles. The van der Waals surface area contributed by atoms with Gasteiger partial charge in [0.15, 0.2) is 5.11 Å². The number of nitrogens with zero attached hydrogens (tertiary/aromatic N) is 1. The van der Waals surface area contributed by atoms with Crippen LogP contribution in [-0.4, -0.2) is 33.9 Å². The molecule has 0 unspecified atom stereocenters. The molecule has 7 heteroatoms. The van der Waals surface area contributed by atoms with Crippen LogP contribution in [0, 0.1) is 0 Å². The van der Waals surface area contributed by atoms with E-state index < -0.39 is 11.8 Å². The zero-order chi connectivity index (χ0) is 22.6. The fraction of sp³-hybridized carbons (Fsp3) is 0.160. The molecule has 2 amide bonds. The number of aromatic amines is 1. The van der Waals surface area contributed by atoms with Gasteiger partial charge in [-0.05, 0) is 46.9 Å². The average molecular weight is 460 g/mol. The van der Waals surface area contributed by atoms with Crippen molar-refractivity contribution in [3.05, 3.63) is 75.5 Å². The molecule has 32 heavy (non-hydrogen) atoms. The van der Waals surface area contributed by atoms with Crippen LogP contribution in [0.5, 0.6) is 0 Å². The van der Waals surface area contributed by atoms with Crippen molar-refractivity contribution in [1.82, 2.24) is 15.2 Å². The number of thiophene rings is 1. The first-order chi connectivity index (χ1) is 15.3. The summed E-state index contributed by atoms with van der Waals surface area (Å²) in [6, 6.07) is 16.8. The smallest absolute Gasteiger partial charge is 0.265 e. The normalized spacial score (nSPS) is 16.4. The highest BCUT2D eigenvalue weighted by Crippen LogP contribution is 2.39. The van der Waals surface area contributed by atoms with E-state index in [1.54, 1.807) is 13.1 Å². The van der Waals surface area contributed by atoms with Crippen molar-refractivity contribution >= 4 is 68.4 Å². The number of hydrogen-bond acceptors (Lipinski definition) is 4. The lowest BCUT2D eigenvalue weighted by Crippen LogP contribution is -2.52. The Kier molecular flexibility index (Phi) is 4.76. The number of benzene rings is 2. The van der Waals surface area contributed by atoms with E-state index in [1.165, 1.54) is 32.6 Å². The van der Waals surface area contributed by atoms with Crippen molar-refractivity contribution < 1.29 is 9.59 Å². The van der Waals surface area contributed by atoms with E-state index >= 15 is 0 Å². The van der Waals surface area contributed by atoms with Crippen LogP contribution in [0.3, 0.4) is 0 Å². The standard InChI is InChI=1S/C25H21N3O2S2/c1-25(2,19-9-6-8-17-16-7-4-5-10-20(16)26-21(17)19)14-11-15(32-13-14)12-18-22(29)27-24(31)28(3)23(18)30/h4-13,26H,1-3H3,(H,27,29,31)/b18-12-. The Labute approximate surface area is 194 Å². The molecule has 4 aromatic rings. The van der Waals surface area contributed by atoms with Crippen LogP contribution in [0.2, 0.25) is 0 Å². The molecule has 0 aliphatic carbocycles. The highest BCUT2D eigenvalue weighted by molar-refractivity contribution is 7.80. The van der Waals surface area contributed by atoms with Crippen molar-refractivity contribution in [2.45, 2.75) is 19.3 Å². The van der Waals surface area contributed by atoms with E-state index in [4.69, 9.17) is 12.2 Å². The number of carbonyl (C=O) groups is 2. The third-order valence-corrected chi connectivity index (χ3v) is 7.40. The Bertz CT molecular complexity index is 1460. The zero-order valence-electron chi connectivity index (χ0n) is 17.9. The minimum atomic E-state index is -0.463. The SMILES string of the molecule is CN1C(=O)/C(=C\c2cc(C(C)(C)c3cccc4c3[nH]c3ccccc34)cs2)C(=O)NC1=S. The number of amides is 2. The fourth-order valence-electron chi connectivity index (χ4n) is 4.19. The predicted octanol–water partition coefficient (Wildman–Crippen LogP) is 4.97. The van der Waals surface area contributed by atoms with Gasteiger partial charge in [0, 0.05) is 33.6 Å². The Morgan fingerprint density at radius 3 is 2.62 bits per heavy atom. The molecule has 0 spiro atoms. The van der Waals surface area contributed by atoms with Crippen LogP contribution >= 0.6 is 23.6 Å². The molecule has 5 rings (SSSR count). The van der Waals surface area contributed by atoms with Crippen LogP contribution in [0.4, 0.5) is 0 Å². The van der Waals surface area contributed by atoms with Gasteiger partial charge in [-0.2, -0.15) is 0 Å². The second-order valence-corrected chi connectivity index (χ2v) is 9.77. The first-order valence-electron chi connectivity index (χ1n) is 10.2. The number of aromatic nitrogens is 1. The number of fused-ring (bicyclic) bond motifs is 3. The summed E-state index contributed by atoms with van der Waals surface area (Å²) in [6.45, 7) is 4.38. The largest absolute Gasteiger partial charge is 0.354 e. The lowest BCUT2D eigenvalue weighted by Gasteiger charge is -2.25. The molecule has 3 heterocycles. The Morgan fingerprint density at radius 2 is 1.81 bits per heavy atom. The summed E-state index contributed by atoms with van der Waals surface area (Å²) in [5.41, 5.74) is 4.36. The molecule has 1 aliphatic rings. The van der Waals surface area contributed by atoms with Gasteiger partial charge in [-0.15, -0.1) is 11.3 Å². The van der Waals surface area contributed by atoms with Crippen molar-refractivity contribution in [3.63, 3.8) is 0 Å². The topological polar surface area (TPSA) is 65.2 Å². The molecule has 0 saturated carbocycles. The van der Waals surface area contributed by atoms with Crippen LogP contribution in [0.25, 0.3) is 27.9 Å². The number of H-pyrrole nitrogens is 1. The summed E-state index contributed by atoms with van der Waals surface area (Å²) in [7, 11) is 1.56. The van der Waals surface area contributed by atoms with Gasteiger partial charge in [0.25, 0.3) is 11.8 Å². The van der Waals surface area contributed by atoms with Gasteiger partial charge in [-0.25, -0.2) is 0 Å². The van der Waals surface area contributed by atoms with E-state index in [0.717, 1.165) is 21.5 Å². The van der Waals surface area contributed by atoms with Gasteiger partial charge in [0.2, 0.25) is 0 Å². The molecule has 5 nitrogen and oxygen atoms in total. The summed E-state index contributed by atoms with van der Waals surface area (Å²) >= 11 is 6.53. The molecule has 2 aromatic heterocycles. The number of likely N-dealkylation sites (N-methyl/N-ethyl adjacent to an activating group) is 1. The summed E-state index contributed by atoms with van der Waals surface area (Å²) in [4.78, 5) is 30.5. The summed E-state index contributed by atoms with van der Waals surface area (Å²) in [5, 5.41) is 7.18. The molecular weight excluding hydrogens is 438 g/mol. The van der Waals surface area contributed by atoms with Crippen LogP contribution in [0.15, 0.2) is 59.5 Å². The Balaban J connectivity index is 1.56. The predicted molar refractivity (Wildman–Crippen MR) is 134 cm³/mol. The zero-order valence-corrected chi connectivity index (χ0v) is 19.5. The highest BCUT2D eigenvalue weighted by Gasteiger charge is 2.32. The first-order valence-corrected chi connectivity index (χ1v) is 11.5. The molecule has 1 fully saturated rings. The third-order valence-electron chi connectivity index (χ3n) is 6.15. The van der Waals surface area contributed by atoms with Gasteiger partial charge >= 0.3 is 0 Å². The number of carbonyl (C=O) groups excluding carboxylic acids is 2. The molecule has 0 bridgehead atoms. The van der Waals surface area contributed by atoms with Gasteiger partial charge < -0.3 is 4.98 Å². The van der Waals surface area contributed by atoms with Crippen LogP contribution in [0.1, 0.15) is 29.9 Å². The summed E-state index contributed by atoms with van der Waals surface area (Å²) < 4.78 is 0. The maximum Gasteiger partial charge on any atom is 0.265 e. The maximum absolute atomic E-state index is 12.5. The van der Waals surface area contributed by atoms with Crippen molar-refractivity contribution in [2.75, 3.05) is 7.05 Å². The molecule has 2 aromatic carbocycles. The van der Waals surface area contributed by atoms with E-state index in [0.29, 0.717) is 0 Å². The van der Waals surface area contributed by atoms with Gasteiger partial charge in [-0.1, -0.05) is 50.2 Å². The molecule has 0 atom stereocenters. The maximum atomic E-state index is 12.5. The summed E-state index contributed by atoms with van der Waals surface area (Å²) in [6.07, 6.45) is 1.64. The van der Waals surface area contributed by atoms with Crippen molar-refractivity contribution in [2.24, 2.45) is 0 Å². The number of nitrogens with one attached hydrogen (secondary N) is 2. The van der Waals surface area contributed by atoms with E-state index in [-0.39, 0.29) is 16.1 Å². The molecule has 1 saturated heterocycles. The van der Waals surface area contributed by atoms with Gasteiger partial charge in [0.1, 0.15) is 5.57 Å². The van der Waals surface area contributed by atoms with Crippen LogP contribution < -0.4 is 5.32 Å². The lowest BCUT2D eigenvalue weighted by molar-refractivity contribution is -0.128. The van der Waals surface area contributed by atoms with Crippen molar-refractivity contribution in [1.29, 1.82) is 0 Å². The first kappa shape index (κ1) is 20.6. The fourth-order valence-corrected chi connectivity index (χ4v) is 5.38. The van der Waals surface area contributed by atoms with E-state index in [2.05, 4.69) is 65.9 Å². The van der Waals surface area contributed by atoms with Crippen molar-refractivity contribution in [3.8, 4) is 0 Å². The quantitative estimate of drug-likeness (QED) is 0.258. The highest BCUT2D eigenvalue weighted by atomic mass is 32.1. The number of thiocarbonyl (C=S) groups is 1. The molecule has 0 radical (unpaired) electrons. The minimum absolute atomic E-state index is 0.0880. The molecule has 2 N–H and O–H groups in total. The number of rotatable bonds is 3. The monoisotopic (exact) mass is 459 g/mol. The minimum Gasteiger partial charge on any atom is -0.354 e. The number of hydrogen-bond donors (Lipinski definition) is 2. The molecular formula is C25H21N3O2S2.